The van der Waals surface area contributed by atoms with Crippen molar-refractivity contribution in [2.24, 2.45) is 4.99 Å². The van der Waals surface area contributed by atoms with Gasteiger partial charge in [-0.1, -0.05) is 37.0 Å². The molecule has 0 aromatic carbocycles. The number of amidine groups is 1. The average molecular weight is 270 g/mol. The van der Waals surface area contributed by atoms with Crippen molar-refractivity contribution in [3.8, 4) is 0 Å². The second-order valence-electron chi connectivity index (χ2n) is 4.14. The molecule has 1 aliphatic rings. The first-order valence-electron chi connectivity index (χ1n) is 6.59. The maximum atomic E-state index is 5.87. The standard InChI is InChI=1S/C17H22N2O/c1-6-9-10-12-15-13(4)20-16(8-3)14(11-7-2)17(18-5)19-15/h6-12H,3H2,1-2,4-5H3,(H,18,19)/b9-6-,11-7-,12-10-. The van der Waals surface area contributed by atoms with E-state index < -0.39 is 0 Å². The third-order valence-corrected chi connectivity index (χ3v) is 2.72. The van der Waals surface area contributed by atoms with Crippen molar-refractivity contribution in [1.82, 2.24) is 5.32 Å². The quantitative estimate of drug-likeness (QED) is 0.783. The first kappa shape index (κ1) is 15.8. The van der Waals surface area contributed by atoms with Crippen molar-refractivity contribution in [3.05, 3.63) is 71.9 Å². The number of hydrogen-bond donors (Lipinski definition) is 1. The SMILES string of the molecule is C=CC1=C(/C=C\C)C(=NC)NC(/C=C\C=C/C)=C(C)O1. The molecule has 0 amide bonds. The second-order valence-corrected chi connectivity index (χ2v) is 4.14. The van der Waals surface area contributed by atoms with Gasteiger partial charge in [-0.25, -0.2) is 0 Å². The van der Waals surface area contributed by atoms with Crippen molar-refractivity contribution in [2.45, 2.75) is 20.8 Å². The molecule has 0 spiro atoms. The van der Waals surface area contributed by atoms with Crippen LogP contribution in [0.15, 0.2) is 76.9 Å². The van der Waals surface area contributed by atoms with Crippen LogP contribution in [0.25, 0.3) is 0 Å². The molecule has 1 N–H and O–H groups in total. The average Bonchev–Trinajstić information content (AvgIpc) is 2.58. The Bertz CT molecular complexity index is 543. The molecule has 0 bridgehead atoms. The number of nitrogens with zero attached hydrogens (tertiary/aromatic N) is 1. The van der Waals surface area contributed by atoms with Crippen LogP contribution in [0.5, 0.6) is 0 Å². The molecule has 3 nitrogen and oxygen atoms in total. The Kier molecular flexibility index (Phi) is 6.30. The van der Waals surface area contributed by atoms with Crippen LogP contribution < -0.4 is 5.32 Å². The molecular formula is C17H22N2O. The molecule has 0 aliphatic carbocycles. The topological polar surface area (TPSA) is 33.6 Å². The first-order chi connectivity index (χ1) is 9.67. The first-order valence-corrected chi connectivity index (χ1v) is 6.59. The third-order valence-electron chi connectivity index (χ3n) is 2.72. The maximum absolute atomic E-state index is 5.87. The number of ether oxygens (including phenoxy) is 1. The Morgan fingerprint density at radius 1 is 1.15 bits per heavy atom. The zero-order valence-corrected chi connectivity index (χ0v) is 12.6. The van der Waals surface area contributed by atoms with Crippen molar-refractivity contribution < 1.29 is 4.74 Å². The predicted molar refractivity (Wildman–Crippen MR) is 86.3 cm³/mol. The molecule has 1 aliphatic heterocycles. The van der Waals surface area contributed by atoms with E-state index >= 15 is 0 Å². The van der Waals surface area contributed by atoms with Crippen molar-refractivity contribution >= 4 is 5.84 Å². The zero-order valence-electron chi connectivity index (χ0n) is 12.6. The molecule has 1 heterocycles. The van der Waals surface area contributed by atoms with E-state index in [0.717, 1.165) is 22.9 Å². The highest BCUT2D eigenvalue weighted by atomic mass is 16.5. The van der Waals surface area contributed by atoms with Gasteiger partial charge in [0.25, 0.3) is 0 Å². The second kappa shape index (κ2) is 8.00. The summed E-state index contributed by atoms with van der Waals surface area (Å²) in [7, 11) is 1.75. The smallest absolute Gasteiger partial charge is 0.137 e. The van der Waals surface area contributed by atoms with E-state index in [1.54, 1.807) is 13.1 Å². The fourth-order valence-corrected chi connectivity index (χ4v) is 1.75. The highest BCUT2D eigenvalue weighted by Gasteiger charge is 2.17. The van der Waals surface area contributed by atoms with Gasteiger partial charge in [-0.15, -0.1) is 0 Å². The van der Waals surface area contributed by atoms with E-state index in [1.807, 2.05) is 57.2 Å². The summed E-state index contributed by atoms with van der Waals surface area (Å²) in [6.45, 7) is 9.66. The minimum atomic E-state index is 0.697. The van der Waals surface area contributed by atoms with E-state index in [4.69, 9.17) is 4.74 Å². The van der Waals surface area contributed by atoms with Gasteiger partial charge in [0, 0.05) is 7.05 Å². The molecule has 0 fully saturated rings. The molecule has 3 heteroatoms. The van der Waals surface area contributed by atoms with Crippen molar-refractivity contribution in [1.29, 1.82) is 0 Å². The van der Waals surface area contributed by atoms with Crippen LogP contribution >= 0.6 is 0 Å². The van der Waals surface area contributed by atoms with Gasteiger partial charge in [-0.2, -0.15) is 0 Å². The lowest BCUT2D eigenvalue weighted by Crippen LogP contribution is -2.23. The summed E-state index contributed by atoms with van der Waals surface area (Å²) >= 11 is 0. The molecule has 0 aromatic rings. The van der Waals surface area contributed by atoms with Crippen molar-refractivity contribution in [3.63, 3.8) is 0 Å². The lowest BCUT2D eigenvalue weighted by atomic mass is 10.1. The Hall–Kier alpha value is -2.29. The van der Waals surface area contributed by atoms with Gasteiger partial charge >= 0.3 is 0 Å². The molecule has 20 heavy (non-hydrogen) atoms. The third kappa shape index (κ3) is 3.85. The zero-order chi connectivity index (χ0) is 15.0. The van der Waals surface area contributed by atoms with Gasteiger partial charge in [0.05, 0.1) is 11.3 Å². The van der Waals surface area contributed by atoms with Gasteiger partial charge < -0.3 is 10.1 Å². The van der Waals surface area contributed by atoms with Gasteiger partial charge in [0.2, 0.25) is 0 Å². The molecule has 1 rings (SSSR count). The van der Waals surface area contributed by atoms with E-state index in [0.29, 0.717) is 5.76 Å². The summed E-state index contributed by atoms with van der Waals surface area (Å²) in [6, 6.07) is 0. The Balaban J connectivity index is 3.26. The highest BCUT2D eigenvalue weighted by molar-refractivity contribution is 6.03. The fraction of sp³-hybridized carbons (Fsp3) is 0.235. The van der Waals surface area contributed by atoms with Crippen LogP contribution in [0.4, 0.5) is 0 Å². The number of allylic oxidation sites excluding steroid dienone is 7. The van der Waals surface area contributed by atoms with Crippen molar-refractivity contribution in [2.75, 3.05) is 7.05 Å². The van der Waals surface area contributed by atoms with Crippen LogP contribution in [-0.2, 0) is 4.74 Å². The summed E-state index contributed by atoms with van der Waals surface area (Å²) in [5.41, 5.74) is 1.77. The van der Waals surface area contributed by atoms with Gasteiger partial charge in [0.1, 0.15) is 17.4 Å². The summed E-state index contributed by atoms with van der Waals surface area (Å²) in [4.78, 5) is 4.30. The van der Waals surface area contributed by atoms with Gasteiger partial charge in [0.15, 0.2) is 0 Å². The summed E-state index contributed by atoms with van der Waals surface area (Å²) in [5, 5.41) is 3.30. The Labute approximate surface area is 121 Å². The Morgan fingerprint density at radius 3 is 2.45 bits per heavy atom. The number of hydrogen-bond acceptors (Lipinski definition) is 2. The summed E-state index contributed by atoms with van der Waals surface area (Å²) < 4.78 is 5.87. The number of aliphatic imine (C=N–C) groups is 1. The van der Waals surface area contributed by atoms with Crippen LogP contribution in [0.3, 0.4) is 0 Å². The van der Waals surface area contributed by atoms with E-state index in [-0.39, 0.29) is 0 Å². The highest BCUT2D eigenvalue weighted by Crippen LogP contribution is 2.21. The summed E-state index contributed by atoms with van der Waals surface area (Å²) in [6.07, 6.45) is 13.5. The number of nitrogens with one attached hydrogen (secondary N) is 1. The van der Waals surface area contributed by atoms with Crippen LogP contribution in [0, 0.1) is 0 Å². The lowest BCUT2D eigenvalue weighted by Gasteiger charge is -2.08. The minimum absolute atomic E-state index is 0.697. The molecule has 0 radical (unpaired) electrons. The molecule has 0 atom stereocenters. The van der Waals surface area contributed by atoms with Crippen LogP contribution in [0.1, 0.15) is 20.8 Å². The molecular weight excluding hydrogens is 248 g/mol. The molecule has 0 unspecified atom stereocenters. The monoisotopic (exact) mass is 270 g/mol. The van der Waals surface area contributed by atoms with E-state index in [2.05, 4.69) is 16.9 Å². The van der Waals surface area contributed by atoms with E-state index in [1.165, 1.54) is 0 Å². The minimum Gasteiger partial charge on any atom is -0.459 e. The van der Waals surface area contributed by atoms with Gasteiger partial charge in [-0.05, 0) is 32.9 Å². The normalized spacial score (nSPS) is 19.1. The van der Waals surface area contributed by atoms with Crippen LogP contribution in [0.2, 0.25) is 0 Å². The van der Waals surface area contributed by atoms with Crippen LogP contribution in [-0.4, -0.2) is 12.9 Å². The molecule has 0 saturated carbocycles. The lowest BCUT2D eigenvalue weighted by molar-refractivity contribution is 0.318. The largest absolute Gasteiger partial charge is 0.459 e. The number of rotatable bonds is 4. The van der Waals surface area contributed by atoms with E-state index in [9.17, 15) is 0 Å². The molecule has 0 aromatic heterocycles. The molecule has 0 saturated heterocycles. The van der Waals surface area contributed by atoms with Gasteiger partial charge in [-0.3, -0.25) is 4.99 Å². The Morgan fingerprint density at radius 2 is 1.90 bits per heavy atom. The fourth-order valence-electron chi connectivity index (χ4n) is 1.75. The maximum Gasteiger partial charge on any atom is 0.137 e. The molecule has 106 valence electrons. The summed E-state index contributed by atoms with van der Waals surface area (Å²) in [5.74, 6) is 2.24. The predicted octanol–water partition coefficient (Wildman–Crippen LogP) is 4.01.